The summed E-state index contributed by atoms with van der Waals surface area (Å²) in [5.41, 5.74) is 1.37. The maximum Gasteiger partial charge on any atom is 0.0205 e. The quantitative estimate of drug-likeness (QED) is 0.808. The molecule has 0 radical (unpaired) electrons. The van der Waals surface area contributed by atoms with Crippen molar-refractivity contribution in [2.45, 2.75) is 19.9 Å². The summed E-state index contributed by atoms with van der Waals surface area (Å²) in [5.74, 6) is 1.63. The highest BCUT2D eigenvalue weighted by Crippen LogP contribution is 2.14. The number of benzene rings is 1. The van der Waals surface area contributed by atoms with Crippen molar-refractivity contribution in [1.29, 1.82) is 0 Å². The molecular formula is C14H22N2. The normalized spacial score (nSPS) is 25.6. The molecule has 1 aromatic rings. The zero-order chi connectivity index (χ0) is 11.2. The van der Waals surface area contributed by atoms with Crippen LogP contribution in [0.15, 0.2) is 30.3 Å². The molecule has 1 saturated heterocycles. The molecule has 1 heterocycles. The van der Waals surface area contributed by atoms with E-state index in [0.717, 1.165) is 24.9 Å². The van der Waals surface area contributed by atoms with Crippen molar-refractivity contribution in [2.24, 2.45) is 11.8 Å². The highest BCUT2D eigenvalue weighted by Gasteiger charge is 2.17. The molecule has 2 rings (SSSR count). The van der Waals surface area contributed by atoms with Crippen LogP contribution in [0.2, 0.25) is 0 Å². The Morgan fingerprint density at radius 3 is 2.81 bits per heavy atom. The van der Waals surface area contributed by atoms with Crippen LogP contribution in [0.5, 0.6) is 0 Å². The van der Waals surface area contributed by atoms with E-state index in [1.807, 2.05) is 0 Å². The Labute approximate surface area is 98.4 Å². The molecule has 0 spiro atoms. The maximum atomic E-state index is 3.55. The van der Waals surface area contributed by atoms with Gasteiger partial charge in [0.2, 0.25) is 0 Å². The third-order valence-corrected chi connectivity index (χ3v) is 3.27. The van der Waals surface area contributed by atoms with Gasteiger partial charge in [0, 0.05) is 6.54 Å². The van der Waals surface area contributed by atoms with Gasteiger partial charge in [0.05, 0.1) is 0 Å². The first-order valence-corrected chi connectivity index (χ1v) is 6.30. The second-order valence-corrected chi connectivity index (χ2v) is 4.98. The Morgan fingerprint density at radius 1 is 1.25 bits per heavy atom. The van der Waals surface area contributed by atoms with E-state index in [4.69, 9.17) is 0 Å². The molecular weight excluding hydrogens is 196 g/mol. The molecule has 1 aliphatic heterocycles. The fraction of sp³-hybridized carbons (Fsp3) is 0.571. The molecule has 2 N–H and O–H groups in total. The van der Waals surface area contributed by atoms with E-state index >= 15 is 0 Å². The lowest BCUT2D eigenvalue weighted by atomic mass is 9.92. The first-order chi connectivity index (χ1) is 7.84. The van der Waals surface area contributed by atoms with Crippen molar-refractivity contribution < 1.29 is 0 Å². The van der Waals surface area contributed by atoms with Crippen molar-refractivity contribution in [2.75, 3.05) is 19.6 Å². The van der Waals surface area contributed by atoms with Crippen LogP contribution >= 0.6 is 0 Å². The summed E-state index contributed by atoms with van der Waals surface area (Å²) in [6, 6.07) is 10.6. The van der Waals surface area contributed by atoms with E-state index in [9.17, 15) is 0 Å². The van der Waals surface area contributed by atoms with E-state index in [-0.39, 0.29) is 0 Å². The van der Waals surface area contributed by atoms with Gasteiger partial charge in [0.25, 0.3) is 0 Å². The second kappa shape index (κ2) is 6.02. The maximum absolute atomic E-state index is 3.55. The molecule has 0 amide bonds. The summed E-state index contributed by atoms with van der Waals surface area (Å²) >= 11 is 0. The van der Waals surface area contributed by atoms with E-state index in [0.29, 0.717) is 0 Å². The predicted molar refractivity (Wildman–Crippen MR) is 68.3 cm³/mol. The van der Waals surface area contributed by atoms with Crippen molar-refractivity contribution >= 4 is 0 Å². The van der Waals surface area contributed by atoms with Gasteiger partial charge in [0.15, 0.2) is 0 Å². The van der Waals surface area contributed by atoms with Crippen molar-refractivity contribution in [1.82, 2.24) is 10.6 Å². The molecule has 1 fully saturated rings. The summed E-state index contributed by atoms with van der Waals surface area (Å²) in [6.45, 7) is 6.82. The zero-order valence-corrected chi connectivity index (χ0v) is 10.1. The third-order valence-electron chi connectivity index (χ3n) is 3.27. The SMILES string of the molecule is CC1CNCC(CNCc2ccccc2)C1. The van der Waals surface area contributed by atoms with Crippen molar-refractivity contribution in [3.8, 4) is 0 Å². The molecule has 16 heavy (non-hydrogen) atoms. The summed E-state index contributed by atoms with van der Waals surface area (Å²) in [4.78, 5) is 0. The van der Waals surface area contributed by atoms with Crippen LogP contribution in [0.3, 0.4) is 0 Å². The number of rotatable bonds is 4. The lowest BCUT2D eigenvalue weighted by Gasteiger charge is -2.27. The van der Waals surface area contributed by atoms with Gasteiger partial charge in [0.1, 0.15) is 0 Å². The molecule has 0 bridgehead atoms. The van der Waals surface area contributed by atoms with Crippen LogP contribution in [-0.4, -0.2) is 19.6 Å². The fourth-order valence-corrected chi connectivity index (χ4v) is 2.44. The molecule has 88 valence electrons. The fourth-order valence-electron chi connectivity index (χ4n) is 2.44. The third kappa shape index (κ3) is 3.62. The van der Waals surface area contributed by atoms with Gasteiger partial charge in [-0.15, -0.1) is 0 Å². The molecule has 0 aliphatic carbocycles. The van der Waals surface area contributed by atoms with Crippen LogP contribution in [-0.2, 0) is 6.54 Å². The minimum absolute atomic E-state index is 0.799. The van der Waals surface area contributed by atoms with E-state index < -0.39 is 0 Å². The number of piperidine rings is 1. The Balaban J connectivity index is 1.68. The molecule has 0 saturated carbocycles. The zero-order valence-electron chi connectivity index (χ0n) is 10.1. The van der Waals surface area contributed by atoms with E-state index in [1.54, 1.807) is 0 Å². The van der Waals surface area contributed by atoms with Gasteiger partial charge in [-0.25, -0.2) is 0 Å². The standard InChI is InChI=1S/C14H22N2/c1-12-7-14(10-15-8-12)11-16-9-13-5-3-2-4-6-13/h2-6,12,14-16H,7-11H2,1H3. The van der Waals surface area contributed by atoms with Gasteiger partial charge >= 0.3 is 0 Å². The first kappa shape index (κ1) is 11.6. The molecule has 1 aliphatic rings. The number of nitrogens with one attached hydrogen (secondary N) is 2. The predicted octanol–water partition coefficient (Wildman–Crippen LogP) is 2.02. The van der Waals surface area contributed by atoms with Gasteiger partial charge in [-0.2, -0.15) is 0 Å². The number of hydrogen-bond acceptors (Lipinski definition) is 2. The minimum atomic E-state index is 0.799. The molecule has 2 unspecified atom stereocenters. The Morgan fingerprint density at radius 2 is 2.06 bits per heavy atom. The Hall–Kier alpha value is -0.860. The Bertz CT molecular complexity index is 297. The van der Waals surface area contributed by atoms with E-state index in [2.05, 4.69) is 47.9 Å². The van der Waals surface area contributed by atoms with Crippen LogP contribution < -0.4 is 10.6 Å². The van der Waals surface area contributed by atoms with Crippen LogP contribution in [0, 0.1) is 11.8 Å². The minimum Gasteiger partial charge on any atom is -0.316 e. The van der Waals surface area contributed by atoms with Crippen molar-refractivity contribution in [3.05, 3.63) is 35.9 Å². The van der Waals surface area contributed by atoms with Crippen molar-refractivity contribution in [3.63, 3.8) is 0 Å². The largest absolute Gasteiger partial charge is 0.316 e. The number of hydrogen-bond donors (Lipinski definition) is 2. The summed E-state index contributed by atoms with van der Waals surface area (Å²) in [5, 5.41) is 7.05. The highest BCUT2D eigenvalue weighted by atomic mass is 14.9. The first-order valence-electron chi connectivity index (χ1n) is 6.30. The topological polar surface area (TPSA) is 24.1 Å². The monoisotopic (exact) mass is 218 g/mol. The van der Waals surface area contributed by atoms with Crippen LogP contribution in [0.1, 0.15) is 18.9 Å². The molecule has 0 aromatic heterocycles. The highest BCUT2D eigenvalue weighted by molar-refractivity contribution is 5.14. The van der Waals surface area contributed by atoms with Crippen LogP contribution in [0.25, 0.3) is 0 Å². The van der Waals surface area contributed by atoms with Gasteiger partial charge < -0.3 is 10.6 Å². The average Bonchev–Trinajstić information content (AvgIpc) is 2.30. The van der Waals surface area contributed by atoms with Gasteiger partial charge in [-0.1, -0.05) is 37.3 Å². The lowest BCUT2D eigenvalue weighted by molar-refractivity contribution is 0.293. The van der Waals surface area contributed by atoms with E-state index in [1.165, 1.54) is 25.1 Å². The van der Waals surface area contributed by atoms with Crippen LogP contribution in [0.4, 0.5) is 0 Å². The summed E-state index contributed by atoms with van der Waals surface area (Å²) in [6.07, 6.45) is 1.36. The molecule has 2 nitrogen and oxygen atoms in total. The van der Waals surface area contributed by atoms with Gasteiger partial charge in [-0.05, 0) is 43.5 Å². The Kier molecular flexibility index (Phi) is 4.37. The molecule has 2 atom stereocenters. The second-order valence-electron chi connectivity index (χ2n) is 4.98. The smallest absolute Gasteiger partial charge is 0.0205 e. The molecule has 1 aromatic carbocycles. The lowest BCUT2D eigenvalue weighted by Crippen LogP contribution is -2.39. The van der Waals surface area contributed by atoms with Gasteiger partial charge in [-0.3, -0.25) is 0 Å². The average molecular weight is 218 g/mol. The molecule has 2 heteroatoms. The summed E-state index contributed by atoms with van der Waals surface area (Å²) in [7, 11) is 0. The summed E-state index contributed by atoms with van der Waals surface area (Å²) < 4.78 is 0.